The van der Waals surface area contributed by atoms with E-state index in [0.717, 1.165) is 48.5 Å². The number of likely N-dealkylation sites (N-methyl/N-ethyl adjacent to an activating group) is 1. The normalized spacial score (nSPS) is 19.4. The van der Waals surface area contributed by atoms with Crippen LogP contribution < -0.4 is 15.0 Å². The molecule has 212 valence electrons. The van der Waals surface area contributed by atoms with E-state index in [9.17, 15) is 18.0 Å². The molecule has 1 N–H and O–H groups in total. The Hall–Kier alpha value is -3.30. The molecule has 2 saturated heterocycles. The number of alkyl halides is 3. The number of nitrogens with one attached hydrogen (secondary N) is 1. The van der Waals surface area contributed by atoms with E-state index in [1.54, 1.807) is 13.3 Å². The molecule has 3 aromatic rings. The van der Waals surface area contributed by atoms with Gasteiger partial charge in [0.1, 0.15) is 5.75 Å². The van der Waals surface area contributed by atoms with Gasteiger partial charge >= 0.3 is 6.18 Å². The van der Waals surface area contributed by atoms with Gasteiger partial charge in [-0.05, 0) is 74.8 Å². The third kappa shape index (κ3) is 5.63. The lowest BCUT2D eigenvalue weighted by molar-refractivity contribution is -0.137. The Morgan fingerprint density at radius 1 is 1.10 bits per heavy atom. The van der Waals surface area contributed by atoms with Crippen LogP contribution in [0.4, 0.5) is 18.9 Å². The van der Waals surface area contributed by atoms with Gasteiger partial charge in [-0.3, -0.25) is 9.78 Å². The highest BCUT2D eigenvalue weighted by atomic mass is 35.5. The number of amides is 1. The monoisotopic (exact) mass is 572 g/mol. The fourth-order valence-corrected chi connectivity index (χ4v) is 6.08. The predicted molar refractivity (Wildman–Crippen MR) is 150 cm³/mol. The van der Waals surface area contributed by atoms with Gasteiger partial charge in [-0.15, -0.1) is 0 Å². The summed E-state index contributed by atoms with van der Waals surface area (Å²) >= 11 is 6.30. The second-order valence-electron chi connectivity index (χ2n) is 10.6. The molecule has 2 aliphatic heterocycles. The summed E-state index contributed by atoms with van der Waals surface area (Å²) in [6.45, 7) is 2.63. The number of carbonyl (C=O) groups is 1. The number of aromatic nitrogens is 1. The summed E-state index contributed by atoms with van der Waals surface area (Å²) < 4.78 is 45.0. The largest absolute Gasteiger partial charge is 0.496 e. The number of anilines is 1. The van der Waals surface area contributed by atoms with Crippen molar-refractivity contribution in [2.75, 3.05) is 45.2 Å². The molecule has 0 aliphatic carbocycles. The van der Waals surface area contributed by atoms with Gasteiger partial charge in [-0.2, -0.15) is 13.2 Å². The van der Waals surface area contributed by atoms with Gasteiger partial charge in [0.2, 0.25) is 5.91 Å². The number of benzene rings is 2. The molecule has 10 heteroatoms. The van der Waals surface area contributed by atoms with Crippen LogP contribution >= 0.6 is 11.6 Å². The van der Waals surface area contributed by atoms with Gasteiger partial charge in [-0.25, -0.2) is 0 Å². The Morgan fingerprint density at radius 2 is 1.85 bits per heavy atom. The number of hydrogen-bond acceptors (Lipinski definition) is 5. The highest BCUT2D eigenvalue weighted by Crippen LogP contribution is 2.41. The van der Waals surface area contributed by atoms with Gasteiger partial charge in [0.25, 0.3) is 0 Å². The van der Waals surface area contributed by atoms with E-state index in [0.29, 0.717) is 37.4 Å². The Kier molecular flexibility index (Phi) is 7.97. The van der Waals surface area contributed by atoms with Gasteiger partial charge in [0.15, 0.2) is 0 Å². The van der Waals surface area contributed by atoms with Crippen LogP contribution in [0, 0.1) is 0 Å². The number of pyridine rings is 1. The first kappa shape index (κ1) is 28.2. The summed E-state index contributed by atoms with van der Waals surface area (Å²) in [4.78, 5) is 22.8. The van der Waals surface area contributed by atoms with Crippen LogP contribution in [0.1, 0.15) is 30.4 Å². The number of nitrogens with zero attached hydrogens (tertiary/aromatic N) is 3. The second kappa shape index (κ2) is 11.3. The van der Waals surface area contributed by atoms with Crippen molar-refractivity contribution in [3.63, 3.8) is 0 Å². The molecule has 0 radical (unpaired) electrons. The SMILES string of the molecule is COc1ccccc1-c1ccc(C2(C(=O)N[C@H]3CCN(C)C3)CCN(c3ccc(C(F)(F)F)cc3Cl)CC2)cn1. The number of likely N-dealkylation sites (tertiary alicyclic amines) is 1. The number of carbonyl (C=O) groups excluding carboxylic acids is 1. The molecule has 40 heavy (non-hydrogen) atoms. The smallest absolute Gasteiger partial charge is 0.416 e. The predicted octanol–water partition coefficient (Wildman–Crippen LogP) is 5.79. The molecule has 0 bridgehead atoms. The van der Waals surface area contributed by atoms with Crippen molar-refractivity contribution in [2.45, 2.75) is 36.9 Å². The molecule has 5 rings (SSSR count). The minimum absolute atomic E-state index is 0.0437. The lowest BCUT2D eigenvalue weighted by Gasteiger charge is -2.42. The van der Waals surface area contributed by atoms with Crippen molar-refractivity contribution in [3.8, 4) is 17.0 Å². The maximum absolute atomic E-state index is 14.0. The standard InChI is InChI=1S/C30H32ClF3N4O2/c1-37-14-11-22(19-37)36-28(39)29(21-7-9-25(35-18-21)23-5-3-4-6-27(23)40-2)12-15-38(16-13-29)26-10-8-20(17-24(26)31)30(32,33)34/h3-10,17-18,22H,11-16,19H2,1-2H3,(H,36,39)/t22-/m0/s1. The lowest BCUT2D eigenvalue weighted by Crippen LogP contribution is -2.54. The number of ether oxygens (including phenoxy) is 1. The molecule has 1 amide bonds. The molecule has 2 aliphatic rings. The summed E-state index contributed by atoms with van der Waals surface area (Å²) in [7, 11) is 3.65. The quantitative estimate of drug-likeness (QED) is 0.405. The number of methoxy groups -OCH3 is 1. The maximum Gasteiger partial charge on any atom is 0.416 e. The van der Waals surface area contributed by atoms with E-state index in [2.05, 4.69) is 10.2 Å². The molecule has 0 spiro atoms. The highest BCUT2D eigenvalue weighted by Gasteiger charge is 2.44. The van der Waals surface area contributed by atoms with Crippen LogP contribution in [0.15, 0.2) is 60.8 Å². The molecule has 3 heterocycles. The van der Waals surface area contributed by atoms with E-state index in [-0.39, 0.29) is 17.0 Å². The summed E-state index contributed by atoms with van der Waals surface area (Å²) in [6, 6.07) is 15.0. The molecule has 2 aromatic carbocycles. The topological polar surface area (TPSA) is 57.7 Å². The molecular weight excluding hydrogens is 541 g/mol. The van der Waals surface area contributed by atoms with Crippen LogP contribution in [0.25, 0.3) is 11.3 Å². The number of para-hydroxylation sites is 1. The zero-order chi connectivity index (χ0) is 28.5. The first-order valence-electron chi connectivity index (χ1n) is 13.3. The van der Waals surface area contributed by atoms with Gasteiger partial charge < -0.3 is 19.9 Å². The van der Waals surface area contributed by atoms with Crippen molar-refractivity contribution in [1.82, 2.24) is 15.2 Å². The highest BCUT2D eigenvalue weighted by molar-refractivity contribution is 6.33. The zero-order valence-corrected chi connectivity index (χ0v) is 23.2. The van der Waals surface area contributed by atoms with E-state index in [4.69, 9.17) is 21.3 Å². The summed E-state index contributed by atoms with van der Waals surface area (Å²) in [5, 5.41) is 3.32. The fourth-order valence-electron chi connectivity index (χ4n) is 5.78. The molecule has 6 nitrogen and oxygen atoms in total. The minimum atomic E-state index is -4.46. The van der Waals surface area contributed by atoms with Crippen LogP contribution in [0.5, 0.6) is 5.75 Å². The first-order valence-corrected chi connectivity index (χ1v) is 13.7. The lowest BCUT2D eigenvalue weighted by atomic mass is 9.72. The number of rotatable bonds is 6. The number of halogens is 4. The third-order valence-corrected chi connectivity index (χ3v) is 8.40. The molecule has 0 saturated carbocycles. The van der Waals surface area contributed by atoms with E-state index in [1.165, 1.54) is 6.07 Å². The van der Waals surface area contributed by atoms with Gasteiger partial charge in [0, 0.05) is 37.4 Å². The minimum Gasteiger partial charge on any atom is -0.496 e. The Balaban J connectivity index is 1.42. The number of hydrogen-bond donors (Lipinski definition) is 1. The summed E-state index contributed by atoms with van der Waals surface area (Å²) in [5.41, 5.74) is 1.33. The molecular formula is C30H32ClF3N4O2. The fraction of sp³-hybridized carbons (Fsp3) is 0.400. The summed E-state index contributed by atoms with van der Waals surface area (Å²) in [6.07, 6.45) is -0.878. The van der Waals surface area contributed by atoms with E-state index >= 15 is 0 Å². The Morgan fingerprint density at radius 3 is 2.45 bits per heavy atom. The van der Waals surface area contributed by atoms with Crippen LogP contribution in [0.3, 0.4) is 0 Å². The number of piperidine rings is 1. The Bertz CT molecular complexity index is 1360. The average Bonchev–Trinajstić information content (AvgIpc) is 3.36. The van der Waals surface area contributed by atoms with Gasteiger partial charge in [-0.1, -0.05) is 29.8 Å². The molecule has 1 atom stereocenters. The van der Waals surface area contributed by atoms with Crippen LogP contribution in [-0.2, 0) is 16.4 Å². The first-order chi connectivity index (χ1) is 19.1. The Labute approximate surface area is 237 Å². The van der Waals surface area contributed by atoms with Crippen molar-refractivity contribution < 1.29 is 22.7 Å². The second-order valence-corrected chi connectivity index (χ2v) is 11.0. The maximum atomic E-state index is 14.0. The van der Waals surface area contributed by atoms with Crippen LogP contribution in [0.2, 0.25) is 5.02 Å². The zero-order valence-electron chi connectivity index (χ0n) is 22.5. The molecule has 1 aromatic heterocycles. The van der Waals surface area contributed by atoms with Crippen molar-refractivity contribution in [2.24, 2.45) is 0 Å². The van der Waals surface area contributed by atoms with Crippen molar-refractivity contribution in [3.05, 3.63) is 76.9 Å². The van der Waals surface area contributed by atoms with E-state index < -0.39 is 17.2 Å². The van der Waals surface area contributed by atoms with Crippen molar-refractivity contribution in [1.29, 1.82) is 0 Å². The summed E-state index contributed by atoms with van der Waals surface area (Å²) in [5.74, 6) is 0.667. The van der Waals surface area contributed by atoms with Crippen LogP contribution in [-0.4, -0.2) is 62.2 Å². The van der Waals surface area contributed by atoms with Crippen molar-refractivity contribution >= 4 is 23.2 Å². The molecule has 0 unspecified atom stereocenters. The third-order valence-electron chi connectivity index (χ3n) is 8.09. The average molecular weight is 573 g/mol. The molecule has 2 fully saturated rings. The van der Waals surface area contributed by atoms with E-state index in [1.807, 2.05) is 48.3 Å². The van der Waals surface area contributed by atoms with Gasteiger partial charge in [0.05, 0.1) is 34.5 Å².